The van der Waals surface area contributed by atoms with E-state index in [2.05, 4.69) is 53.3 Å². The SMILES string of the molecule is Cc1ccc2c(c1)CCCN2Cc1sccc1C#CCN. The summed E-state index contributed by atoms with van der Waals surface area (Å²) in [5, 5.41) is 2.12. The summed E-state index contributed by atoms with van der Waals surface area (Å²) in [6, 6.07) is 8.90. The van der Waals surface area contributed by atoms with Crippen molar-refractivity contribution in [1.82, 2.24) is 0 Å². The highest BCUT2D eigenvalue weighted by Gasteiger charge is 2.18. The van der Waals surface area contributed by atoms with E-state index in [9.17, 15) is 0 Å². The van der Waals surface area contributed by atoms with Crippen LogP contribution in [-0.2, 0) is 13.0 Å². The molecule has 1 aromatic heterocycles. The molecule has 108 valence electrons. The number of benzene rings is 1. The number of hydrogen-bond acceptors (Lipinski definition) is 3. The first kappa shape index (κ1) is 14.2. The zero-order chi connectivity index (χ0) is 14.7. The van der Waals surface area contributed by atoms with Crippen LogP contribution in [0.4, 0.5) is 5.69 Å². The van der Waals surface area contributed by atoms with Gasteiger partial charge in [0.15, 0.2) is 0 Å². The summed E-state index contributed by atoms with van der Waals surface area (Å²) in [7, 11) is 0. The van der Waals surface area contributed by atoms with Crippen molar-refractivity contribution in [2.24, 2.45) is 5.73 Å². The average Bonchev–Trinajstić information content (AvgIpc) is 2.92. The summed E-state index contributed by atoms with van der Waals surface area (Å²) >= 11 is 1.79. The lowest BCUT2D eigenvalue weighted by molar-refractivity contribution is 0.694. The van der Waals surface area contributed by atoms with Gasteiger partial charge < -0.3 is 10.6 Å². The van der Waals surface area contributed by atoms with Gasteiger partial charge in [-0.1, -0.05) is 29.5 Å². The van der Waals surface area contributed by atoms with Gasteiger partial charge in [0.05, 0.1) is 13.1 Å². The maximum absolute atomic E-state index is 5.48. The van der Waals surface area contributed by atoms with Crippen molar-refractivity contribution in [2.75, 3.05) is 18.0 Å². The van der Waals surface area contributed by atoms with Crippen LogP contribution in [0.3, 0.4) is 0 Å². The van der Waals surface area contributed by atoms with Gasteiger partial charge in [-0.05, 0) is 42.8 Å². The third-order valence-electron chi connectivity index (χ3n) is 3.85. The fourth-order valence-electron chi connectivity index (χ4n) is 2.86. The van der Waals surface area contributed by atoms with E-state index in [1.807, 2.05) is 0 Å². The van der Waals surface area contributed by atoms with E-state index in [-0.39, 0.29) is 0 Å². The van der Waals surface area contributed by atoms with Crippen molar-refractivity contribution in [2.45, 2.75) is 26.3 Å². The van der Waals surface area contributed by atoms with E-state index < -0.39 is 0 Å². The number of fused-ring (bicyclic) bond motifs is 1. The summed E-state index contributed by atoms with van der Waals surface area (Å²) in [6.45, 7) is 4.65. The van der Waals surface area contributed by atoms with Crippen LogP contribution in [0.25, 0.3) is 0 Å². The Morgan fingerprint density at radius 3 is 3.10 bits per heavy atom. The van der Waals surface area contributed by atoms with Gasteiger partial charge >= 0.3 is 0 Å². The van der Waals surface area contributed by atoms with Crippen LogP contribution in [0.1, 0.15) is 28.0 Å². The zero-order valence-electron chi connectivity index (χ0n) is 12.4. The summed E-state index contributed by atoms with van der Waals surface area (Å²) in [4.78, 5) is 3.82. The summed E-state index contributed by atoms with van der Waals surface area (Å²) in [6.07, 6.45) is 2.42. The molecule has 1 aromatic carbocycles. The third kappa shape index (κ3) is 3.12. The van der Waals surface area contributed by atoms with Crippen LogP contribution in [0, 0.1) is 18.8 Å². The van der Waals surface area contributed by atoms with Gasteiger partial charge in [0.1, 0.15) is 0 Å². The number of rotatable bonds is 2. The first-order valence-corrected chi connectivity index (χ1v) is 8.25. The lowest BCUT2D eigenvalue weighted by atomic mass is 9.99. The average molecular weight is 296 g/mol. The standard InChI is InChI=1S/C18H20N2S/c1-14-6-7-17-16(12-14)5-3-10-20(17)13-18-15(4-2-9-19)8-11-21-18/h6-8,11-12H,3,5,9-10,13,19H2,1H3. The Labute approximate surface area is 130 Å². The fourth-order valence-corrected chi connectivity index (χ4v) is 3.71. The number of anilines is 1. The van der Waals surface area contributed by atoms with Gasteiger partial charge in [-0.15, -0.1) is 11.3 Å². The molecule has 3 rings (SSSR count). The molecule has 2 N–H and O–H groups in total. The molecule has 0 spiro atoms. The molecule has 0 atom stereocenters. The molecule has 1 aliphatic heterocycles. The molecule has 0 unspecified atom stereocenters. The molecule has 3 heteroatoms. The molecule has 0 fully saturated rings. The van der Waals surface area contributed by atoms with Gasteiger partial charge in [0, 0.05) is 22.7 Å². The Balaban J connectivity index is 1.86. The lowest BCUT2D eigenvalue weighted by Gasteiger charge is -2.31. The Hall–Kier alpha value is -1.76. The van der Waals surface area contributed by atoms with Crippen molar-refractivity contribution in [3.05, 3.63) is 51.2 Å². The minimum atomic E-state index is 0.418. The second-order valence-electron chi connectivity index (χ2n) is 5.42. The van der Waals surface area contributed by atoms with Crippen molar-refractivity contribution in [3.63, 3.8) is 0 Å². The fraction of sp³-hybridized carbons (Fsp3) is 0.333. The predicted octanol–water partition coefficient (Wildman–Crippen LogP) is 3.32. The van der Waals surface area contributed by atoms with E-state index in [0.717, 1.165) is 18.7 Å². The van der Waals surface area contributed by atoms with E-state index in [0.29, 0.717) is 6.54 Å². The van der Waals surface area contributed by atoms with Gasteiger partial charge in [-0.3, -0.25) is 0 Å². The first-order valence-electron chi connectivity index (χ1n) is 7.37. The normalized spacial score (nSPS) is 13.5. The molecule has 0 amide bonds. The Kier molecular flexibility index (Phi) is 4.28. The van der Waals surface area contributed by atoms with Crippen molar-refractivity contribution >= 4 is 17.0 Å². The molecular weight excluding hydrogens is 276 g/mol. The molecule has 21 heavy (non-hydrogen) atoms. The zero-order valence-corrected chi connectivity index (χ0v) is 13.2. The molecule has 1 aliphatic rings. The second kappa shape index (κ2) is 6.34. The Morgan fingerprint density at radius 2 is 2.24 bits per heavy atom. The van der Waals surface area contributed by atoms with Crippen LogP contribution in [-0.4, -0.2) is 13.1 Å². The Bertz CT molecular complexity index is 691. The molecular formula is C18H20N2S. The molecule has 0 aliphatic carbocycles. The van der Waals surface area contributed by atoms with Crippen molar-refractivity contribution in [1.29, 1.82) is 0 Å². The van der Waals surface area contributed by atoms with Crippen LogP contribution in [0.15, 0.2) is 29.6 Å². The van der Waals surface area contributed by atoms with Gasteiger partial charge in [-0.2, -0.15) is 0 Å². The van der Waals surface area contributed by atoms with Crippen LogP contribution in [0.5, 0.6) is 0 Å². The van der Waals surface area contributed by atoms with E-state index in [1.165, 1.54) is 34.5 Å². The predicted molar refractivity (Wildman–Crippen MR) is 90.8 cm³/mol. The summed E-state index contributed by atoms with van der Waals surface area (Å²) < 4.78 is 0. The molecule has 0 saturated heterocycles. The number of nitrogens with zero attached hydrogens (tertiary/aromatic N) is 1. The number of aryl methyl sites for hydroxylation is 2. The van der Waals surface area contributed by atoms with Crippen LogP contribution < -0.4 is 10.6 Å². The highest BCUT2D eigenvalue weighted by Crippen LogP contribution is 2.30. The van der Waals surface area contributed by atoms with Gasteiger partial charge in [-0.25, -0.2) is 0 Å². The number of nitrogens with two attached hydrogens (primary N) is 1. The maximum Gasteiger partial charge on any atom is 0.0555 e. The largest absolute Gasteiger partial charge is 0.366 e. The first-order chi connectivity index (χ1) is 10.3. The topological polar surface area (TPSA) is 29.3 Å². The molecule has 0 saturated carbocycles. The number of hydrogen-bond donors (Lipinski definition) is 1. The summed E-state index contributed by atoms with van der Waals surface area (Å²) in [5.41, 5.74) is 10.8. The molecule has 2 aromatic rings. The minimum absolute atomic E-state index is 0.418. The monoisotopic (exact) mass is 296 g/mol. The van der Waals surface area contributed by atoms with E-state index >= 15 is 0 Å². The highest BCUT2D eigenvalue weighted by molar-refractivity contribution is 7.10. The molecule has 2 heterocycles. The van der Waals surface area contributed by atoms with E-state index in [4.69, 9.17) is 5.73 Å². The molecule has 2 nitrogen and oxygen atoms in total. The summed E-state index contributed by atoms with van der Waals surface area (Å²) in [5.74, 6) is 6.15. The van der Waals surface area contributed by atoms with Crippen molar-refractivity contribution < 1.29 is 0 Å². The Morgan fingerprint density at radius 1 is 1.33 bits per heavy atom. The van der Waals surface area contributed by atoms with Crippen LogP contribution in [0.2, 0.25) is 0 Å². The maximum atomic E-state index is 5.48. The number of thiophene rings is 1. The van der Waals surface area contributed by atoms with Crippen molar-refractivity contribution in [3.8, 4) is 11.8 Å². The quantitative estimate of drug-likeness (QED) is 0.861. The highest BCUT2D eigenvalue weighted by atomic mass is 32.1. The van der Waals surface area contributed by atoms with Gasteiger partial charge in [0.25, 0.3) is 0 Å². The third-order valence-corrected chi connectivity index (χ3v) is 4.76. The second-order valence-corrected chi connectivity index (χ2v) is 6.42. The molecule has 0 radical (unpaired) electrons. The van der Waals surface area contributed by atoms with Crippen LogP contribution >= 0.6 is 11.3 Å². The lowest BCUT2D eigenvalue weighted by Crippen LogP contribution is -2.28. The van der Waals surface area contributed by atoms with E-state index in [1.54, 1.807) is 11.3 Å². The molecule has 0 bridgehead atoms. The van der Waals surface area contributed by atoms with Gasteiger partial charge in [0.2, 0.25) is 0 Å². The smallest absolute Gasteiger partial charge is 0.0555 e. The minimum Gasteiger partial charge on any atom is -0.366 e.